The van der Waals surface area contributed by atoms with E-state index in [4.69, 9.17) is 18.9 Å². The summed E-state index contributed by atoms with van der Waals surface area (Å²) >= 11 is 1.24. The lowest BCUT2D eigenvalue weighted by Crippen LogP contribution is -2.40. The van der Waals surface area contributed by atoms with E-state index in [1.54, 1.807) is 45.2 Å². The zero-order valence-electron chi connectivity index (χ0n) is 20.2. The van der Waals surface area contributed by atoms with Crippen molar-refractivity contribution in [3.63, 3.8) is 0 Å². The second kappa shape index (κ2) is 10.2. The summed E-state index contributed by atoms with van der Waals surface area (Å²) in [5, 5.41) is 0. The molecule has 182 valence electrons. The lowest BCUT2D eigenvalue weighted by molar-refractivity contribution is -0.139. The van der Waals surface area contributed by atoms with E-state index >= 15 is 0 Å². The molecule has 0 amide bonds. The van der Waals surface area contributed by atoms with E-state index in [9.17, 15) is 9.59 Å². The summed E-state index contributed by atoms with van der Waals surface area (Å²) in [4.78, 5) is 32.0. The van der Waals surface area contributed by atoms with E-state index in [1.165, 1.54) is 30.1 Å². The van der Waals surface area contributed by atoms with Gasteiger partial charge in [-0.15, -0.1) is 0 Å². The molecule has 0 fully saturated rings. The molecule has 1 atom stereocenters. The molecule has 1 aromatic heterocycles. The molecule has 0 N–H and O–H groups in total. The minimum absolute atomic E-state index is 0.190. The molecule has 4 rings (SSSR count). The molecule has 0 radical (unpaired) electrons. The van der Waals surface area contributed by atoms with Gasteiger partial charge in [-0.25, -0.2) is 9.79 Å². The van der Waals surface area contributed by atoms with Crippen LogP contribution in [-0.2, 0) is 9.53 Å². The molecule has 2 heterocycles. The first-order valence-electron chi connectivity index (χ1n) is 11.0. The number of methoxy groups -OCH3 is 3. The highest BCUT2D eigenvalue weighted by molar-refractivity contribution is 7.07. The second-order valence-corrected chi connectivity index (χ2v) is 8.64. The van der Waals surface area contributed by atoms with Crippen molar-refractivity contribution >= 4 is 23.4 Å². The van der Waals surface area contributed by atoms with Crippen molar-refractivity contribution in [2.75, 3.05) is 27.9 Å². The fraction of sp³-hybridized carbons (Fsp3) is 0.269. The maximum Gasteiger partial charge on any atom is 0.338 e. The molecule has 0 bridgehead atoms. The molecule has 35 heavy (non-hydrogen) atoms. The van der Waals surface area contributed by atoms with Gasteiger partial charge in [0, 0.05) is 11.1 Å². The molecule has 1 unspecified atom stereocenters. The third-order valence-corrected chi connectivity index (χ3v) is 6.65. The Morgan fingerprint density at radius 3 is 2.46 bits per heavy atom. The Bertz CT molecular complexity index is 1480. The second-order valence-electron chi connectivity index (χ2n) is 7.63. The number of rotatable bonds is 7. The summed E-state index contributed by atoms with van der Waals surface area (Å²) in [6, 6.07) is 12.0. The van der Waals surface area contributed by atoms with Gasteiger partial charge < -0.3 is 18.9 Å². The number of thiazole rings is 1. The van der Waals surface area contributed by atoms with Gasteiger partial charge in [-0.1, -0.05) is 41.7 Å². The summed E-state index contributed by atoms with van der Waals surface area (Å²) in [6.45, 7) is 3.66. The van der Waals surface area contributed by atoms with E-state index < -0.39 is 12.0 Å². The first kappa shape index (κ1) is 24.3. The molecule has 1 aliphatic rings. The van der Waals surface area contributed by atoms with Crippen molar-refractivity contribution in [2.45, 2.75) is 19.9 Å². The van der Waals surface area contributed by atoms with Crippen LogP contribution in [0.2, 0.25) is 0 Å². The number of hydrogen-bond donors (Lipinski definition) is 0. The average molecular weight is 495 g/mol. The van der Waals surface area contributed by atoms with Crippen molar-refractivity contribution in [3.05, 3.63) is 84.5 Å². The highest BCUT2D eigenvalue weighted by Gasteiger charge is 2.35. The molecule has 2 aromatic carbocycles. The van der Waals surface area contributed by atoms with Gasteiger partial charge in [0.05, 0.1) is 43.7 Å². The summed E-state index contributed by atoms with van der Waals surface area (Å²) in [5.74, 6) is 1.02. The van der Waals surface area contributed by atoms with Gasteiger partial charge in [0.2, 0.25) is 0 Å². The largest absolute Gasteiger partial charge is 0.496 e. The number of fused-ring (bicyclic) bond motifs is 1. The van der Waals surface area contributed by atoms with Crippen LogP contribution in [0.3, 0.4) is 0 Å². The van der Waals surface area contributed by atoms with Crippen LogP contribution in [0.4, 0.5) is 0 Å². The van der Waals surface area contributed by atoms with E-state index in [1.807, 2.05) is 24.3 Å². The third kappa shape index (κ3) is 4.35. The SMILES string of the molecule is CCOC(=O)C1=C(C)N=c2sc(=Cc3ccccc3OC)c(=O)n2C1c1cccc(OC)c1OC. The minimum atomic E-state index is -0.810. The number of carbonyl (C=O) groups excluding carboxylic acids is 1. The monoisotopic (exact) mass is 494 g/mol. The highest BCUT2D eigenvalue weighted by atomic mass is 32.1. The maximum atomic E-state index is 13.8. The molecule has 9 heteroatoms. The number of ether oxygens (including phenoxy) is 4. The molecule has 0 saturated heterocycles. The standard InChI is InChI=1S/C26H26N2O6S/c1-6-34-25(30)21-15(2)27-26-28(22(21)17-11-9-13-19(32-4)23(17)33-5)24(29)20(35-26)14-16-10-7-8-12-18(16)31-3/h7-14,22H,6H2,1-5H3. The highest BCUT2D eigenvalue weighted by Crippen LogP contribution is 2.40. The van der Waals surface area contributed by atoms with Crippen LogP contribution >= 0.6 is 11.3 Å². The van der Waals surface area contributed by atoms with E-state index in [2.05, 4.69) is 4.99 Å². The number of allylic oxidation sites excluding steroid dienone is 1. The van der Waals surface area contributed by atoms with Crippen molar-refractivity contribution in [1.29, 1.82) is 0 Å². The van der Waals surface area contributed by atoms with Crippen LogP contribution in [0.25, 0.3) is 6.08 Å². The van der Waals surface area contributed by atoms with Gasteiger partial charge in [-0.2, -0.15) is 0 Å². The predicted molar refractivity (Wildman–Crippen MR) is 133 cm³/mol. The Hall–Kier alpha value is -3.85. The zero-order chi connectivity index (χ0) is 25.1. The number of aromatic nitrogens is 1. The molecule has 3 aromatic rings. The molecule has 8 nitrogen and oxygen atoms in total. The molecular weight excluding hydrogens is 468 g/mol. The topological polar surface area (TPSA) is 88.4 Å². The maximum absolute atomic E-state index is 13.8. The van der Waals surface area contributed by atoms with Gasteiger partial charge in [-0.05, 0) is 32.1 Å². The van der Waals surface area contributed by atoms with Crippen LogP contribution in [0.5, 0.6) is 17.2 Å². The van der Waals surface area contributed by atoms with E-state index in [-0.39, 0.29) is 17.7 Å². The summed E-state index contributed by atoms with van der Waals surface area (Å²) < 4.78 is 23.9. The van der Waals surface area contributed by atoms with Gasteiger partial charge in [0.25, 0.3) is 5.56 Å². The summed E-state index contributed by atoms with van der Waals surface area (Å²) in [5.41, 5.74) is 1.81. The molecule has 0 aliphatic carbocycles. The first-order chi connectivity index (χ1) is 16.9. The number of benzene rings is 2. The van der Waals surface area contributed by atoms with Crippen molar-refractivity contribution in [1.82, 2.24) is 4.57 Å². The Kier molecular flexibility index (Phi) is 7.07. The smallest absolute Gasteiger partial charge is 0.338 e. The van der Waals surface area contributed by atoms with Crippen molar-refractivity contribution in [2.24, 2.45) is 4.99 Å². The fourth-order valence-corrected chi connectivity index (χ4v) is 5.18. The van der Waals surface area contributed by atoms with Crippen LogP contribution in [0.1, 0.15) is 31.0 Å². The van der Waals surface area contributed by atoms with Crippen molar-refractivity contribution < 1.29 is 23.7 Å². The Morgan fingerprint density at radius 1 is 1.06 bits per heavy atom. The molecule has 0 spiro atoms. The fourth-order valence-electron chi connectivity index (χ4n) is 4.14. The third-order valence-electron chi connectivity index (χ3n) is 5.67. The van der Waals surface area contributed by atoms with E-state index in [0.717, 1.165) is 5.56 Å². The molecule has 0 saturated carbocycles. The van der Waals surface area contributed by atoms with E-state index in [0.29, 0.717) is 37.8 Å². The quantitative estimate of drug-likeness (QED) is 0.470. The lowest BCUT2D eigenvalue weighted by Gasteiger charge is -2.26. The number of carbonyl (C=O) groups is 1. The Labute approximate surface area is 206 Å². The Balaban J connectivity index is 2.03. The van der Waals surface area contributed by atoms with Gasteiger partial charge in [0.15, 0.2) is 16.3 Å². The van der Waals surface area contributed by atoms with Crippen LogP contribution in [0.15, 0.2) is 63.5 Å². The van der Waals surface area contributed by atoms with Crippen LogP contribution in [0, 0.1) is 0 Å². The van der Waals surface area contributed by atoms with Gasteiger partial charge in [0.1, 0.15) is 11.8 Å². The first-order valence-corrected chi connectivity index (χ1v) is 11.8. The lowest BCUT2D eigenvalue weighted by atomic mass is 9.94. The van der Waals surface area contributed by atoms with Crippen LogP contribution < -0.4 is 29.1 Å². The van der Waals surface area contributed by atoms with Gasteiger partial charge >= 0.3 is 5.97 Å². The summed E-state index contributed by atoms with van der Waals surface area (Å²) in [6.07, 6.45) is 1.77. The molecule has 1 aliphatic heterocycles. The summed E-state index contributed by atoms with van der Waals surface area (Å²) in [7, 11) is 4.64. The predicted octanol–water partition coefficient (Wildman–Crippen LogP) is 2.82. The minimum Gasteiger partial charge on any atom is -0.496 e. The average Bonchev–Trinajstić information content (AvgIpc) is 3.17. The Morgan fingerprint density at radius 2 is 1.77 bits per heavy atom. The van der Waals surface area contributed by atoms with Crippen molar-refractivity contribution in [3.8, 4) is 17.2 Å². The van der Waals surface area contributed by atoms with Crippen LogP contribution in [-0.4, -0.2) is 38.5 Å². The number of hydrogen-bond acceptors (Lipinski definition) is 8. The number of esters is 1. The normalized spacial score (nSPS) is 15.3. The zero-order valence-corrected chi connectivity index (χ0v) is 21.0. The van der Waals surface area contributed by atoms with Gasteiger partial charge in [-0.3, -0.25) is 9.36 Å². The molecular formula is C26H26N2O6S. The number of nitrogens with zero attached hydrogens (tertiary/aromatic N) is 2. The number of para-hydroxylation sites is 2.